The van der Waals surface area contributed by atoms with E-state index in [2.05, 4.69) is 50.8 Å². The molecule has 0 amide bonds. The molecule has 10 heteroatoms. The van der Waals surface area contributed by atoms with Crippen molar-refractivity contribution in [3.63, 3.8) is 0 Å². The van der Waals surface area contributed by atoms with Crippen LogP contribution in [0.1, 0.15) is 0 Å². The summed E-state index contributed by atoms with van der Waals surface area (Å²) in [6, 6.07) is 0. The lowest BCUT2D eigenvalue weighted by Crippen LogP contribution is -2.38. The fourth-order valence-corrected chi connectivity index (χ4v) is 3.03. The Hall–Kier alpha value is -2.04. The Bertz CT molecular complexity index is 825. The molecular weight excluding hydrogens is 376 g/mol. The van der Waals surface area contributed by atoms with Crippen molar-refractivity contribution in [3.8, 4) is 0 Å². The number of fused-ring (bicyclic) bond motifs is 1. The summed E-state index contributed by atoms with van der Waals surface area (Å²) in [5.41, 5.74) is 0.645. The van der Waals surface area contributed by atoms with E-state index in [4.69, 9.17) is 4.74 Å². The summed E-state index contributed by atoms with van der Waals surface area (Å²) < 4.78 is 9.88. The number of nitrogens with zero attached hydrogens (tertiary/aromatic N) is 7. The normalized spacial score (nSPS) is 15.9. The van der Waals surface area contributed by atoms with Gasteiger partial charge in [-0.15, -0.1) is 0 Å². The second-order valence-electron chi connectivity index (χ2n) is 5.45. The molecule has 1 aliphatic heterocycles. The van der Waals surface area contributed by atoms with Gasteiger partial charge in [-0.05, 0) is 15.9 Å². The SMILES string of the molecule is Brc1cnc(Nc2nccn2CCN2CCOCC2)c2ncnn12. The van der Waals surface area contributed by atoms with Crippen LogP contribution in [0.25, 0.3) is 5.65 Å². The number of anilines is 2. The topological polar surface area (TPSA) is 85.4 Å². The molecule has 1 saturated heterocycles. The number of morpholine rings is 1. The predicted molar refractivity (Wildman–Crippen MR) is 91.3 cm³/mol. The zero-order valence-corrected chi connectivity index (χ0v) is 14.6. The minimum absolute atomic E-state index is 0.620. The van der Waals surface area contributed by atoms with E-state index in [0.29, 0.717) is 11.5 Å². The maximum absolute atomic E-state index is 5.38. The molecule has 0 aromatic carbocycles. The Labute approximate surface area is 146 Å². The van der Waals surface area contributed by atoms with Crippen molar-refractivity contribution in [2.45, 2.75) is 6.54 Å². The van der Waals surface area contributed by atoms with Gasteiger partial charge in [0.25, 0.3) is 0 Å². The molecule has 0 bridgehead atoms. The van der Waals surface area contributed by atoms with Gasteiger partial charge in [-0.1, -0.05) is 0 Å². The largest absolute Gasteiger partial charge is 0.379 e. The zero-order chi connectivity index (χ0) is 16.4. The van der Waals surface area contributed by atoms with Crippen molar-refractivity contribution in [3.05, 3.63) is 29.5 Å². The van der Waals surface area contributed by atoms with Gasteiger partial charge in [-0.25, -0.2) is 19.5 Å². The molecule has 1 aliphatic rings. The summed E-state index contributed by atoms with van der Waals surface area (Å²) in [6.07, 6.45) is 6.92. The number of imidazole rings is 1. The van der Waals surface area contributed by atoms with Crippen LogP contribution in [0.15, 0.2) is 29.5 Å². The summed E-state index contributed by atoms with van der Waals surface area (Å²) in [4.78, 5) is 15.4. The van der Waals surface area contributed by atoms with Crippen LogP contribution < -0.4 is 5.32 Å². The van der Waals surface area contributed by atoms with Gasteiger partial charge in [-0.3, -0.25) is 4.90 Å². The van der Waals surface area contributed by atoms with Gasteiger partial charge in [-0.2, -0.15) is 5.10 Å². The molecule has 3 aromatic rings. The standard InChI is InChI=1S/C14H17BrN8O/c15-11-9-17-12(13-18-10-19-23(11)13)20-14-16-1-2-22(14)4-3-21-5-7-24-8-6-21/h1-2,9-10H,3-8H2,(H,16,17,20). The Morgan fingerprint density at radius 3 is 2.92 bits per heavy atom. The molecule has 4 rings (SSSR count). The van der Waals surface area contributed by atoms with Crippen molar-refractivity contribution in [1.82, 2.24) is 34.0 Å². The van der Waals surface area contributed by atoms with Crippen LogP contribution in [0.5, 0.6) is 0 Å². The minimum Gasteiger partial charge on any atom is -0.379 e. The molecule has 0 aliphatic carbocycles. The van der Waals surface area contributed by atoms with Crippen molar-refractivity contribution < 1.29 is 4.74 Å². The van der Waals surface area contributed by atoms with Crippen LogP contribution >= 0.6 is 15.9 Å². The first kappa shape index (κ1) is 15.5. The number of hydrogen-bond donors (Lipinski definition) is 1. The highest BCUT2D eigenvalue weighted by Gasteiger charge is 2.13. The smallest absolute Gasteiger partial charge is 0.208 e. The molecular formula is C14H17BrN8O. The molecule has 24 heavy (non-hydrogen) atoms. The highest BCUT2D eigenvalue weighted by Crippen LogP contribution is 2.20. The van der Waals surface area contributed by atoms with E-state index >= 15 is 0 Å². The molecule has 0 saturated carbocycles. The summed E-state index contributed by atoms with van der Waals surface area (Å²) in [5, 5.41) is 7.41. The summed E-state index contributed by atoms with van der Waals surface area (Å²) in [7, 11) is 0. The highest BCUT2D eigenvalue weighted by molar-refractivity contribution is 9.10. The maximum Gasteiger partial charge on any atom is 0.208 e. The van der Waals surface area contributed by atoms with Crippen molar-refractivity contribution >= 4 is 33.3 Å². The van der Waals surface area contributed by atoms with Crippen molar-refractivity contribution in [2.24, 2.45) is 0 Å². The molecule has 0 atom stereocenters. The first-order valence-corrected chi connectivity index (χ1v) is 8.53. The minimum atomic E-state index is 0.620. The molecule has 1 N–H and O–H groups in total. The lowest BCUT2D eigenvalue weighted by atomic mass is 10.4. The van der Waals surface area contributed by atoms with Gasteiger partial charge in [0, 0.05) is 38.6 Å². The third-order valence-corrected chi connectivity index (χ3v) is 4.51. The van der Waals surface area contributed by atoms with Crippen LogP contribution in [-0.2, 0) is 11.3 Å². The summed E-state index contributed by atoms with van der Waals surface area (Å²) >= 11 is 3.41. The molecule has 126 valence electrons. The average Bonchev–Trinajstić information content (AvgIpc) is 3.26. The number of nitrogens with one attached hydrogen (secondary N) is 1. The Morgan fingerprint density at radius 1 is 1.17 bits per heavy atom. The molecule has 1 fully saturated rings. The van der Waals surface area contributed by atoms with E-state index < -0.39 is 0 Å². The molecule has 0 unspecified atom stereocenters. The Morgan fingerprint density at radius 2 is 2.04 bits per heavy atom. The van der Waals surface area contributed by atoms with E-state index in [9.17, 15) is 0 Å². The second kappa shape index (κ2) is 6.83. The summed E-state index contributed by atoms with van der Waals surface area (Å²) in [5.74, 6) is 1.36. The fraction of sp³-hybridized carbons (Fsp3) is 0.429. The quantitative estimate of drug-likeness (QED) is 0.696. The number of rotatable bonds is 5. The van der Waals surface area contributed by atoms with Crippen LogP contribution in [0.4, 0.5) is 11.8 Å². The van der Waals surface area contributed by atoms with E-state index in [1.54, 1.807) is 16.9 Å². The van der Waals surface area contributed by atoms with Gasteiger partial charge in [0.05, 0.1) is 19.4 Å². The maximum atomic E-state index is 5.38. The van der Waals surface area contributed by atoms with Gasteiger partial charge in [0.15, 0.2) is 11.5 Å². The molecule has 0 radical (unpaired) electrons. The lowest BCUT2D eigenvalue weighted by Gasteiger charge is -2.26. The summed E-state index contributed by atoms with van der Waals surface area (Å²) in [6.45, 7) is 5.38. The average molecular weight is 393 g/mol. The van der Waals surface area contributed by atoms with Gasteiger partial charge in [0.1, 0.15) is 10.9 Å². The monoisotopic (exact) mass is 392 g/mol. The Kier molecular flexibility index (Phi) is 4.41. The lowest BCUT2D eigenvalue weighted by molar-refractivity contribution is 0.0364. The predicted octanol–water partition coefficient (Wildman–Crippen LogP) is 1.16. The molecule has 9 nitrogen and oxygen atoms in total. The number of halogens is 1. The zero-order valence-electron chi connectivity index (χ0n) is 13.0. The number of aromatic nitrogens is 6. The first-order valence-electron chi connectivity index (χ1n) is 7.74. The van der Waals surface area contributed by atoms with Crippen LogP contribution in [0, 0.1) is 0 Å². The number of ether oxygens (including phenoxy) is 1. The van der Waals surface area contributed by atoms with Gasteiger partial charge >= 0.3 is 0 Å². The van der Waals surface area contributed by atoms with Crippen LogP contribution in [0.2, 0.25) is 0 Å². The number of hydrogen-bond acceptors (Lipinski definition) is 7. The van der Waals surface area contributed by atoms with Gasteiger partial charge < -0.3 is 14.6 Å². The fourth-order valence-electron chi connectivity index (χ4n) is 2.67. The third kappa shape index (κ3) is 3.12. The molecule has 4 heterocycles. The van der Waals surface area contributed by atoms with Crippen molar-refractivity contribution in [2.75, 3.05) is 38.2 Å². The highest BCUT2D eigenvalue weighted by atomic mass is 79.9. The first-order chi connectivity index (χ1) is 11.8. The van der Waals surface area contributed by atoms with Crippen LogP contribution in [-0.4, -0.2) is 66.9 Å². The third-order valence-electron chi connectivity index (χ3n) is 3.97. The van der Waals surface area contributed by atoms with Gasteiger partial charge in [0.2, 0.25) is 5.95 Å². The van der Waals surface area contributed by atoms with E-state index in [1.165, 1.54) is 6.33 Å². The van der Waals surface area contributed by atoms with E-state index in [-0.39, 0.29) is 0 Å². The van der Waals surface area contributed by atoms with Crippen LogP contribution in [0.3, 0.4) is 0 Å². The molecule has 3 aromatic heterocycles. The second-order valence-corrected chi connectivity index (χ2v) is 6.26. The molecule has 0 spiro atoms. The van der Waals surface area contributed by atoms with Crippen molar-refractivity contribution in [1.29, 1.82) is 0 Å². The Balaban J connectivity index is 1.49. The van der Waals surface area contributed by atoms with E-state index in [1.807, 2.05) is 6.20 Å². The van der Waals surface area contributed by atoms with E-state index in [0.717, 1.165) is 49.9 Å².